The number of imidazole rings is 1. The number of ether oxygens (including phenoxy) is 1. The first-order chi connectivity index (χ1) is 11.8. The molecule has 1 aliphatic rings. The molecule has 128 valence electrons. The van der Waals surface area contributed by atoms with E-state index in [1.54, 1.807) is 12.5 Å². The summed E-state index contributed by atoms with van der Waals surface area (Å²) < 4.78 is 7.15. The molecule has 0 unspecified atom stereocenters. The van der Waals surface area contributed by atoms with Gasteiger partial charge >= 0.3 is 0 Å². The Hall–Kier alpha value is -2.18. The molecule has 0 saturated carbocycles. The van der Waals surface area contributed by atoms with Crippen molar-refractivity contribution in [1.82, 2.24) is 19.8 Å². The summed E-state index contributed by atoms with van der Waals surface area (Å²) in [5, 5.41) is 2.99. The summed E-state index contributed by atoms with van der Waals surface area (Å²) in [7, 11) is 0. The van der Waals surface area contributed by atoms with Crippen molar-refractivity contribution < 1.29 is 9.53 Å². The van der Waals surface area contributed by atoms with Crippen LogP contribution in [-0.2, 0) is 4.74 Å². The minimum Gasteiger partial charge on any atom is -0.379 e. The minimum atomic E-state index is -0.0808. The number of amides is 1. The van der Waals surface area contributed by atoms with Crippen LogP contribution in [0, 0.1) is 0 Å². The zero-order valence-corrected chi connectivity index (χ0v) is 13.9. The van der Waals surface area contributed by atoms with Gasteiger partial charge < -0.3 is 10.1 Å². The van der Waals surface area contributed by atoms with Gasteiger partial charge in [0, 0.05) is 25.3 Å². The lowest BCUT2D eigenvalue weighted by atomic mass is 10.2. The fourth-order valence-electron chi connectivity index (χ4n) is 2.84. The number of para-hydroxylation sites is 1. The third-order valence-corrected chi connectivity index (χ3v) is 4.20. The maximum atomic E-state index is 12.4. The number of nitrogens with zero attached hydrogens (tertiary/aromatic N) is 3. The molecule has 1 fully saturated rings. The summed E-state index contributed by atoms with van der Waals surface area (Å²) in [5.74, 6) is -0.0808. The first kappa shape index (κ1) is 16.7. The van der Waals surface area contributed by atoms with Gasteiger partial charge in [-0.25, -0.2) is 4.98 Å². The minimum absolute atomic E-state index is 0.0808. The molecule has 1 aromatic carbocycles. The highest BCUT2D eigenvalue weighted by molar-refractivity contribution is 5.92. The van der Waals surface area contributed by atoms with E-state index in [1.165, 1.54) is 0 Å². The molecule has 1 N–H and O–H groups in total. The van der Waals surface area contributed by atoms with Gasteiger partial charge in [-0.3, -0.25) is 14.3 Å². The molecule has 24 heavy (non-hydrogen) atoms. The summed E-state index contributed by atoms with van der Waals surface area (Å²) in [4.78, 5) is 18.9. The first-order valence-electron chi connectivity index (χ1n) is 8.50. The maximum Gasteiger partial charge on any atom is 0.269 e. The Morgan fingerprint density at radius 3 is 2.75 bits per heavy atom. The van der Waals surface area contributed by atoms with Crippen molar-refractivity contribution in [3.8, 4) is 5.69 Å². The van der Waals surface area contributed by atoms with Crippen LogP contribution in [0.25, 0.3) is 5.69 Å². The Morgan fingerprint density at radius 1 is 1.17 bits per heavy atom. The summed E-state index contributed by atoms with van der Waals surface area (Å²) >= 11 is 0. The Morgan fingerprint density at radius 2 is 1.96 bits per heavy atom. The fourth-order valence-corrected chi connectivity index (χ4v) is 2.84. The molecule has 0 spiro atoms. The normalized spacial score (nSPS) is 15.3. The standard InChI is InChI=1S/C18H24N4O2/c23-18(20-8-4-5-9-21-10-12-24-13-11-21)17-14-19-15-22(17)16-6-2-1-3-7-16/h1-3,6-7,14-15H,4-5,8-13H2,(H,20,23). The van der Waals surface area contributed by atoms with E-state index in [2.05, 4.69) is 15.2 Å². The highest BCUT2D eigenvalue weighted by Crippen LogP contribution is 2.10. The predicted molar refractivity (Wildman–Crippen MR) is 92.4 cm³/mol. The van der Waals surface area contributed by atoms with Gasteiger partial charge in [0.2, 0.25) is 0 Å². The number of hydrogen-bond acceptors (Lipinski definition) is 4. The zero-order chi connectivity index (χ0) is 16.6. The molecule has 0 aliphatic carbocycles. The molecule has 1 saturated heterocycles. The summed E-state index contributed by atoms with van der Waals surface area (Å²) in [6.07, 6.45) is 5.33. The number of hydrogen-bond donors (Lipinski definition) is 1. The van der Waals surface area contributed by atoms with Crippen LogP contribution in [0.2, 0.25) is 0 Å². The van der Waals surface area contributed by atoms with Gasteiger partial charge in [0.15, 0.2) is 0 Å². The lowest BCUT2D eigenvalue weighted by molar-refractivity contribution is 0.0372. The topological polar surface area (TPSA) is 59.4 Å². The predicted octanol–water partition coefficient (Wildman–Crippen LogP) is 1.71. The Balaban J connectivity index is 1.43. The molecular weight excluding hydrogens is 304 g/mol. The van der Waals surface area contributed by atoms with Crippen molar-refractivity contribution in [1.29, 1.82) is 0 Å². The van der Waals surface area contributed by atoms with Crippen LogP contribution in [0.3, 0.4) is 0 Å². The number of carbonyl (C=O) groups excluding carboxylic acids is 1. The molecule has 0 atom stereocenters. The van der Waals surface area contributed by atoms with Crippen LogP contribution >= 0.6 is 0 Å². The van der Waals surface area contributed by atoms with Crippen molar-refractivity contribution in [2.24, 2.45) is 0 Å². The SMILES string of the molecule is O=C(NCCCCN1CCOCC1)c1cncn1-c1ccccc1. The number of unbranched alkanes of at least 4 members (excludes halogenated alkanes) is 1. The van der Waals surface area contributed by atoms with Gasteiger partial charge in [-0.2, -0.15) is 0 Å². The van der Waals surface area contributed by atoms with Crippen molar-refractivity contribution in [3.63, 3.8) is 0 Å². The molecule has 1 aromatic heterocycles. The lowest BCUT2D eigenvalue weighted by Crippen LogP contribution is -2.37. The van der Waals surface area contributed by atoms with Crippen LogP contribution in [0.4, 0.5) is 0 Å². The van der Waals surface area contributed by atoms with Crippen LogP contribution in [0.15, 0.2) is 42.9 Å². The van der Waals surface area contributed by atoms with E-state index < -0.39 is 0 Å². The van der Waals surface area contributed by atoms with Crippen LogP contribution in [-0.4, -0.2) is 59.8 Å². The van der Waals surface area contributed by atoms with E-state index in [0.29, 0.717) is 12.2 Å². The average Bonchev–Trinajstić information content (AvgIpc) is 3.13. The highest BCUT2D eigenvalue weighted by Gasteiger charge is 2.13. The third kappa shape index (κ3) is 4.43. The van der Waals surface area contributed by atoms with Crippen molar-refractivity contribution in [2.45, 2.75) is 12.8 Å². The summed E-state index contributed by atoms with van der Waals surface area (Å²) in [5.41, 5.74) is 1.50. The van der Waals surface area contributed by atoms with Crippen LogP contribution < -0.4 is 5.32 Å². The van der Waals surface area contributed by atoms with Gasteiger partial charge in [0.1, 0.15) is 5.69 Å². The first-order valence-corrected chi connectivity index (χ1v) is 8.50. The molecule has 6 heteroatoms. The van der Waals surface area contributed by atoms with E-state index in [-0.39, 0.29) is 5.91 Å². The number of rotatable bonds is 7. The number of carbonyl (C=O) groups is 1. The van der Waals surface area contributed by atoms with Gasteiger partial charge in [-0.05, 0) is 31.5 Å². The Labute approximate surface area is 142 Å². The second-order valence-electron chi connectivity index (χ2n) is 5.90. The van der Waals surface area contributed by atoms with Gasteiger partial charge in [0.05, 0.1) is 25.7 Å². The number of benzene rings is 1. The van der Waals surface area contributed by atoms with Gasteiger partial charge in [0.25, 0.3) is 5.91 Å². The van der Waals surface area contributed by atoms with Crippen molar-refractivity contribution in [2.75, 3.05) is 39.4 Å². The Bertz CT molecular complexity index is 635. The molecule has 3 rings (SSSR count). The number of aromatic nitrogens is 2. The number of morpholine rings is 1. The fraction of sp³-hybridized carbons (Fsp3) is 0.444. The second-order valence-corrected chi connectivity index (χ2v) is 5.90. The van der Waals surface area contributed by atoms with E-state index in [0.717, 1.165) is 51.4 Å². The third-order valence-electron chi connectivity index (χ3n) is 4.20. The molecule has 2 aromatic rings. The monoisotopic (exact) mass is 328 g/mol. The van der Waals surface area contributed by atoms with Crippen LogP contribution in [0.5, 0.6) is 0 Å². The lowest BCUT2D eigenvalue weighted by Gasteiger charge is -2.26. The molecule has 6 nitrogen and oxygen atoms in total. The molecule has 0 radical (unpaired) electrons. The van der Waals surface area contributed by atoms with E-state index in [9.17, 15) is 4.79 Å². The van der Waals surface area contributed by atoms with Crippen molar-refractivity contribution >= 4 is 5.91 Å². The zero-order valence-electron chi connectivity index (χ0n) is 13.9. The van der Waals surface area contributed by atoms with Gasteiger partial charge in [-0.15, -0.1) is 0 Å². The largest absolute Gasteiger partial charge is 0.379 e. The number of nitrogens with one attached hydrogen (secondary N) is 1. The second kappa shape index (κ2) is 8.61. The van der Waals surface area contributed by atoms with E-state index >= 15 is 0 Å². The van der Waals surface area contributed by atoms with E-state index in [4.69, 9.17) is 4.74 Å². The van der Waals surface area contributed by atoms with Crippen molar-refractivity contribution in [3.05, 3.63) is 48.5 Å². The molecule has 2 heterocycles. The molecule has 1 amide bonds. The maximum absolute atomic E-state index is 12.4. The van der Waals surface area contributed by atoms with E-state index in [1.807, 2.05) is 34.9 Å². The highest BCUT2D eigenvalue weighted by atomic mass is 16.5. The molecular formula is C18H24N4O2. The summed E-state index contributed by atoms with van der Waals surface area (Å²) in [6.45, 7) is 5.45. The quantitative estimate of drug-likeness (QED) is 0.786. The molecule has 0 bridgehead atoms. The average molecular weight is 328 g/mol. The Kier molecular flexibility index (Phi) is 5.98. The summed E-state index contributed by atoms with van der Waals surface area (Å²) in [6, 6.07) is 9.77. The molecule has 1 aliphatic heterocycles. The smallest absolute Gasteiger partial charge is 0.269 e. The van der Waals surface area contributed by atoms with Crippen LogP contribution in [0.1, 0.15) is 23.3 Å². The van der Waals surface area contributed by atoms with Gasteiger partial charge in [-0.1, -0.05) is 18.2 Å².